The maximum absolute atomic E-state index is 12.8. The monoisotopic (exact) mass is 537 g/mol. The Morgan fingerprint density at radius 2 is 1.97 bits per heavy atom. The average molecular weight is 537 g/mol. The molecule has 1 aliphatic carbocycles. The Morgan fingerprint density at radius 3 is 2.71 bits per heavy atom. The molecule has 2 fully saturated rings. The minimum absolute atomic E-state index is 0. The van der Waals surface area contributed by atoms with Gasteiger partial charge in [-0.25, -0.2) is 0 Å². The second-order valence-electron chi connectivity index (χ2n) is 8.22. The summed E-state index contributed by atoms with van der Waals surface area (Å²) in [5, 5.41) is 10.9. The molecule has 31 heavy (non-hydrogen) atoms. The molecule has 1 unspecified atom stereocenters. The third-order valence-electron chi connectivity index (χ3n) is 6.07. The van der Waals surface area contributed by atoms with E-state index >= 15 is 0 Å². The van der Waals surface area contributed by atoms with Crippen molar-refractivity contribution in [2.75, 3.05) is 20.1 Å². The molecule has 1 saturated heterocycles. The zero-order chi connectivity index (χ0) is 20.8. The van der Waals surface area contributed by atoms with Gasteiger partial charge in [-0.3, -0.25) is 9.79 Å². The number of halogens is 1. The van der Waals surface area contributed by atoms with Gasteiger partial charge < -0.3 is 20.1 Å². The van der Waals surface area contributed by atoms with Gasteiger partial charge in [-0.2, -0.15) is 0 Å². The molecule has 1 amide bonds. The van der Waals surface area contributed by atoms with Crippen molar-refractivity contribution in [3.05, 3.63) is 42.1 Å². The molecule has 2 heterocycles. The summed E-state index contributed by atoms with van der Waals surface area (Å²) < 4.78 is 5.45. The first-order valence-electron chi connectivity index (χ1n) is 11.0. The first kappa shape index (κ1) is 23.6. The molecule has 2 aliphatic rings. The van der Waals surface area contributed by atoms with Crippen LogP contribution in [0.2, 0.25) is 0 Å². The molecular weight excluding hydrogens is 505 g/mol. The second kappa shape index (κ2) is 11.5. The highest BCUT2D eigenvalue weighted by Gasteiger charge is 2.31. The Bertz CT molecular complexity index is 864. The van der Waals surface area contributed by atoms with Crippen LogP contribution in [0.1, 0.15) is 44.2 Å². The maximum Gasteiger partial charge on any atom is 0.225 e. The zero-order valence-electron chi connectivity index (χ0n) is 18.0. The fraction of sp³-hybridized carbons (Fsp3) is 0.522. The number of hydrogen-bond acceptors (Lipinski definition) is 4. The molecule has 4 rings (SSSR count). The molecule has 0 bridgehead atoms. The highest BCUT2D eigenvalue weighted by Crippen LogP contribution is 2.26. The molecule has 2 N–H and O–H groups in total. The summed E-state index contributed by atoms with van der Waals surface area (Å²) in [6.07, 6.45) is 6.71. The molecular formula is C23H32IN5O2. The zero-order valence-corrected chi connectivity index (χ0v) is 20.4. The smallest absolute Gasteiger partial charge is 0.225 e. The lowest BCUT2D eigenvalue weighted by Crippen LogP contribution is -2.45. The van der Waals surface area contributed by atoms with E-state index in [0.717, 1.165) is 55.3 Å². The van der Waals surface area contributed by atoms with E-state index in [4.69, 9.17) is 4.52 Å². The van der Waals surface area contributed by atoms with Crippen molar-refractivity contribution in [1.82, 2.24) is 20.7 Å². The van der Waals surface area contributed by atoms with Crippen molar-refractivity contribution < 1.29 is 9.32 Å². The molecule has 1 atom stereocenters. The Morgan fingerprint density at radius 1 is 1.19 bits per heavy atom. The van der Waals surface area contributed by atoms with Crippen LogP contribution in [0.15, 0.2) is 45.9 Å². The van der Waals surface area contributed by atoms with Gasteiger partial charge in [0.2, 0.25) is 5.91 Å². The standard InChI is InChI=1S/C23H31N5O2.HI/c1-24-23(25-15-20-14-21(30-27-20)17-8-4-2-5-9-17)26-19-12-13-28(16-19)22(29)18-10-6-3-7-11-18;/h2,4-5,8-9,14,18-19H,3,6-7,10-13,15-16H2,1H3,(H2,24,25,26);1H. The highest BCUT2D eigenvalue weighted by atomic mass is 127. The lowest BCUT2D eigenvalue weighted by molar-refractivity contribution is -0.135. The van der Waals surface area contributed by atoms with Gasteiger partial charge in [0.25, 0.3) is 0 Å². The molecule has 1 aromatic carbocycles. The number of benzene rings is 1. The van der Waals surface area contributed by atoms with Crippen LogP contribution in [0.5, 0.6) is 0 Å². The van der Waals surface area contributed by atoms with E-state index < -0.39 is 0 Å². The number of aliphatic imine (C=N–C) groups is 1. The molecule has 1 saturated carbocycles. The number of amides is 1. The van der Waals surface area contributed by atoms with Crippen molar-refractivity contribution in [3.8, 4) is 11.3 Å². The summed E-state index contributed by atoms with van der Waals surface area (Å²) in [6.45, 7) is 2.10. The number of carbonyl (C=O) groups excluding carboxylic acids is 1. The number of aromatic nitrogens is 1. The minimum Gasteiger partial charge on any atom is -0.356 e. The summed E-state index contributed by atoms with van der Waals surface area (Å²) in [5.74, 6) is 2.05. The van der Waals surface area contributed by atoms with Crippen molar-refractivity contribution in [2.45, 2.75) is 51.1 Å². The summed E-state index contributed by atoms with van der Waals surface area (Å²) in [5.41, 5.74) is 1.82. The van der Waals surface area contributed by atoms with Crippen molar-refractivity contribution in [2.24, 2.45) is 10.9 Å². The van der Waals surface area contributed by atoms with Crippen LogP contribution >= 0.6 is 24.0 Å². The van der Waals surface area contributed by atoms with E-state index in [1.54, 1.807) is 7.05 Å². The molecule has 0 spiro atoms. The van der Waals surface area contributed by atoms with Crippen molar-refractivity contribution >= 4 is 35.8 Å². The number of hydrogen-bond donors (Lipinski definition) is 2. The minimum atomic E-state index is 0. The summed E-state index contributed by atoms with van der Waals surface area (Å²) in [6, 6.07) is 12.1. The first-order valence-corrected chi connectivity index (χ1v) is 11.0. The van der Waals surface area contributed by atoms with E-state index in [-0.39, 0.29) is 35.9 Å². The SMILES string of the molecule is CN=C(NCc1cc(-c2ccccc2)on1)NC1CCN(C(=O)C2CCCCC2)C1.I. The van der Waals surface area contributed by atoms with E-state index in [0.29, 0.717) is 12.5 Å². The van der Waals surface area contributed by atoms with Gasteiger partial charge in [0.05, 0.1) is 6.54 Å². The van der Waals surface area contributed by atoms with Crippen LogP contribution in [0, 0.1) is 5.92 Å². The second-order valence-corrected chi connectivity index (χ2v) is 8.22. The fourth-order valence-corrected chi connectivity index (χ4v) is 4.38. The quantitative estimate of drug-likeness (QED) is 0.345. The van der Waals surface area contributed by atoms with Gasteiger partial charge in [0.15, 0.2) is 11.7 Å². The lowest BCUT2D eigenvalue weighted by atomic mass is 9.88. The number of nitrogens with zero attached hydrogens (tertiary/aromatic N) is 3. The van der Waals surface area contributed by atoms with Crippen molar-refractivity contribution in [3.63, 3.8) is 0 Å². The normalized spacial score (nSPS) is 19.7. The van der Waals surface area contributed by atoms with E-state index in [1.807, 2.05) is 41.3 Å². The molecule has 168 valence electrons. The number of carbonyl (C=O) groups is 1. The molecule has 2 aromatic rings. The lowest BCUT2D eigenvalue weighted by Gasteiger charge is -2.26. The van der Waals surface area contributed by atoms with Gasteiger partial charge >= 0.3 is 0 Å². The van der Waals surface area contributed by atoms with Gasteiger partial charge in [0.1, 0.15) is 5.69 Å². The average Bonchev–Trinajstić information content (AvgIpc) is 3.47. The maximum atomic E-state index is 12.8. The highest BCUT2D eigenvalue weighted by molar-refractivity contribution is 14.0. The van der Waals surface area contributed by atoms with Crippen LogP contribution in [0.4, 0.5) is 0 Å². The summed E-state index contributed by atoms with van der Waals surface area (Å²) in [4.78, 5) is 19.1. The number of nitrogens with one attached hydrogen (secondary N) is 2. The van der Waals surface area contributed by atoms with E-state index in [2.05, 4.69) is 20.8 Å². The molecule has 8 heteroatoms. The largest absolute Gasteiger partial charge is 0.356 e. The van der Waals surface area contributed by atoms with Crippen LogP contribution in [0.25, 0.3) is 11.3 Å². The molecule has 1 aromatic heterocycles. The number of guanidine groups is 1. The van der Waals surface area contributed by atoms with Gasteiger partial charge in [0, 0.05) is 43.7 Å². The van der Waals surface area contributed by atoms with E-state index in [9.17, 15) is 4.79 Å². The Kier molecular flexibility index (Phi) is 8.74. The van der Waals surface area contributed by atoms with Crippen LogP contribution in [-0.4, -0.2) is 48.1 Å². The summed E-state index contributed by atoms with van der Waals surface area (Å²) >= 11 is 0. The third kappa shape index (κ3) is 6.21. The van der Waals surface area contributed by atoms with Crippen LogP contribution in [-0.2, 0) is 11.3 Å². The predicted molar refractivity (Wildman–Crippen MR) is 132 cm³/mol. The number of likely N-dealkylation sites (tertiary alicyclic amines) is 1. The van der Waals surface area contributed by atoms with Crippen molar-refractivity contribution in [1.29, 1.82) is 0 Å². The van der Waals surface area contributed by atoms with E-state index in [1.165, 1.54) is 19.3 Å². The topological polar surface area (TPSA) is 82.8 Å². The molecule has 1 aliphatic heterocycles. The van der Waals surface area contributed by atoms with Gasteiger partial charge in [-0.1, -0.05) is 54.8 Å². The Balaban J connectivity index is 0.00000272. The fourth-order valence-electron chi connectivity index (χ4n) is 4.38. The predicted octanol–water partition coefficient (Wildman–Crippen LogP) is 3.81. The van der Waals surface area contributed by atoms with Crippen LogP contribution in [0.3, 0.4) is 0 Å². The third-order valence-corrected chi connectivity index (χ3v) is 6.07. The van der Waals surface area contributed by atoms with Gasteiger partial charge in [-0.05, 0) is 19.3 Å². The molecule has 0 radical (unpaired) electrons. The Hall–Kier alpha value is -2.10. The summed E-state index contributed by atoms with van der Waals surface area (Å²) in [7, 11) is 1.76. The van der Waals surface area contributed by atoms with Gasteiger partial charge in [-0.15, -0.1) is 24.0 Å². The number of rotatable bonds is 5. The Labute approximate surface area is 201 Å². The first-order chi connectivity index (χ1) is 14.7. The van der Waals surface area contributed by atoms with Crippen LogP contribution < -0.4 is 10.6 Å². The molecule has 7 nitrogen and oxygen atoms in total.